The fourth-order valence-corrected chi connectivity index (χ4v) is 1.74. The summed E-state index contributed by atoms with van der Waals surface area (Å²) >= 11 is 0. The fraction of sp³-hybridized carbons (Fsp3) is 0. The minimum Gasteiger partial charge on any atom is -0.452 e. The smallest absolute Gasteiger partial charge is 0.235 e. The molecule has 3 rings (SSSR count). The van der Waals surface area contributed by atoms with Crippen molar-refractivity contribution in [1.29, 1.82) is 0 Å². The van der Waals surface area contributed by atoms with Crippen LogP contribution in [0.15, 0.2) is 35.0 Å². The van der Waals surface area contributed by atoms with Gasteiger partial charge in [-0.25, -0.2) is 9.97 Å². The highest BCUT2D eigenvalue weighted by Gasteiger charge is 2.16. The van der Waals surface area contributed by atoms with Gasteiger partial charge < -0.3 is 4.42 Å². The van der Waals surface area contributed by atoms with Gasteiger partial charge in [-0.05, 0) is 18.2 Å². The molecular formula is C12H7N3O3. The molecule has 0 saturated carbocycles. The largest absolute Gasteiger partial charge is 0.452 e. The van der Waals surface area contributed by atoms with E-state index in [1.54, 1.807) is 28.9 Å². The van der Waals surface area contributed by atoms with Crippen LogP contribution in [0.25, 0.3) is 17.2 Å². The Balaban J connectivity index is 2.27. The summed E-state index contributed by atoms with van der Waals surface area (Å²) in [6.07, 6.45) is 4.55. The first-order chi connectivity index (χ1) is 8.83. The van der Waals surface area contributed by atoms with E-state index in [1.165, 1.54) is 6.07 Å². The molecule has 0 aliphatic rings. The zero-order valence-electron chi connectivity index (χ0n) is 9.11. The van der Waals surface area contributed by atoms with Crippen LogP contribution in [0.2, 0.25) is 0 Å². The first-order valence-corrected chi connectivity index (χ1v) is 5.17. The lowest BCUT2D eigenvalue weighted by molar-refractivity contribution is 0.110. The van der Waals surface area contributed by atoms with Crippen LogP contribution >= 0.6 is 0 Å². The second-order valence-corrected chi connectivity index (χ2v) is 3.57. The molecule has 0 aliphatic carbocycles. The number of hydrogen-bond acceptors (Lipinski definition) is 5. The number of carbonyl (C=O) groups excluding carboxylic acids is 2. The Labute approximate surface area is 101 Å². The summed E-state index contributed by atoms with van der Waals surface area (Å²) in [5.41, 5.74) is 0.710. The summed E-state index contributed by atoms with van der Waals surface area (Å²) in [5.74, 6) is 0.954. The molecule has 88 valence electrons. The molecule has 3 aromatic heterocycles. The molecule has 0 fully saturated rings. The van der Waals surface area contributed by atoms with Gasteiger partial charge in [-0.1, -0.05) is 0 Å². The summed E-state index contributed by atoms with van der Waals surface area (Å²) in [5, 5.41) is 0. The van der Waals surface area contributed by atoms with Crippen molar-refractivity contribution < 1.29 is 14.0 Å². The Morgan fingerprint density at radius 2 is 2.11 bits per heavy atom. The third-order valence-corrected chi connectivity index (χ3v) is 2.53. The van der Waals surface area contributed by atoms with Gasteiger partial charge in [-0.2, -0.15) is 0 Å². The Kier molecular flexibility index (Phi) is 2.26. The maximum atomic E-state index is 11.2. The number of furan rings is 1. The minimum atomic E-state index is 0.187. The Morgan fingerprint density at radius 1 is 1.22 bits per heavy atom. The lowest BCUT2D eigenvalue weighted by Crippen LogP contribution is -1.92. The van der Waals surface area contributed by atoms with E-state index in [1.807, 2.05) is 0 Å². The number of fused-ring (bicyclic) bond motifs is 1. The molecule has 0 saturated heterocycles. The molecule has 0 N–H and O–H groups in total. The molecule has 0 unspecified atom stereocenters. The molecule has 18 heavy (non-hydrogen) atoms. The highest BCUT2D eigenvalue weighted by molar-refractivity contribution is 5.85. The van der Waals surface area contributed by atoms with E-state index in [2.05, 4.69) is 9.97 Å². The molecule has 0 aromatic carbocycles. The fourth-order valence-electron chi connectivity index (χ4n) is 1.74. The Morgan fingerprint density at radius 3 is 2.83 bits per heavy atom. The van der Waals surface area contributed by atoms with Gasteiger partial charge in [-0.3, -0.25) is 14.0 Å². The van der Waals surface area contributed by atoms with Gasteiger partial charge >= 0.3 is 0 Å². The number of nitrogens with zero attached hydrogens (tertiary/aromatic N) is 3. The summed E-state index contributed by atoms with van der Waals surface area (Å²) in [7, 11) is 0. The lowest BCUT2D eigenvalue weighted by atomic mass is 10.3. The van der Waals surface area contributed by atoms with Gasteiger partial charge in [0.1, 0.15) is 11.4 Å². The normalized spacial score (nSPS) is 10.7. The van der Waals surface area contributed by atoms with Crippen molar-refractivity contribution in [2.24, 2.45) is 0 Å². The van der Waals surface area contributed by atoms with Gasteiger partial charge in [0.25, 0.3) is 0 Å². The molecule has 0 radical (unpaired) electrons. The molecule has 0 amide bonds. The molecule has 3 heterocycles. The summed E-state index contributed by atoms with van der Waals surface area (Å²) in [4.78, 5) is 30.0. The SMILES string of the molecule is O=Cc1ccc(-c2nc3ncccn3c2C=O)o1. The van der Waals surface area contributed by atoms with E-state index in [-0.39, 0.29) is 5.76 Å². The highest BCUT2D eigenvalue weighted by Crippen LogP contribution is 2.24. The second-order valence-electron chi connectivity index (χ2n) is 3.57. The highest BCUT2D eigenvalue weighted by atomic mass is 16.3. The van der Waals surface area contributed by atoms with E-state index in [0.29, 0.717) is 35.5 Å². The molecule has 6 heteroatoms. The third kappa shape index (κ3) is 1.43. The van der Waals surface area contributed by atoms with Crippen LogP contribution in [0.1, 0.15) is 21.0 Å². The molecule has 3 aromatic rings. The second kappa shape index (κ2) is 3.92. The summed E-state index contributed by atoms with van der Waals surface area (Å²) in [6, 6.07) is 4.82. The van der Waals surface area contributed by atoms with Crippen molar-refractivity contribution in [2.75, 3.05) is 0 Å². The Bertz CT molecular complexity index is 742. The predicted molar refractivity (Wildman–Crippen MR) is 61.5 cm³/mol. The topological polar surface area (TPSA) is 77.5 Å². The quantitative estimate of drug-likeness (QED) is 0.651. The van der Waals surface area contributed by atoms with E-state index in [4.69, 9.17) is 4.42 Å². The molecule has 0 spiro atoms. The van der Waals surface area contributed by atoms with E-state index >= 15 is 0 Å². The molecule has 0 aliphatic heterocycles. The first-order valence-electron chi connectivity index (χ1n) is 5.17. The zero-order valence-corrected chi connectivity index (χ0v) is 9.11. The van der Waals surface area contributed by atoms with Crippen LogP contribution in [0.4, 0.5) is 0 Å². The average Bonchev–Trinajstić information content (AvgIpc) is 3.02. The van der Waals surface area contributed by atoms with Crippen molar-refractivity contribution in [3.8, 4) is 11.5 Å². The third-order valence-electron chi connectivity index (χ3n) is 2.53. The summed E-state index contributed by atoms with van der Waals surface area (Å²) in [6.45, 7) is 0. The number of aromatic nitrogens is 3. The number of carbonyl (C=O) groups is 2. The molecule has 0 bridgehead atoms. The van der Waals surface area contributed by atoms with Crippen LogP contribution in [-0.4, -0.2) is 26.9 Å². The monoisotopic (exact) mass is 241 g/mol. The zero-order chi connectivity index (χ0) is 12.5. The van der Waals surface area contributed by atoms with Crippen LogP contribution in [0.5, 0.6) is 0 Å². The van der Waals surface area contributed by atoms with Crippen molar-refractivity contribution >= 4 is 18.3 Å². The standard InChI is InChI=1S/C12H7N3O3/c16-6-8-2-3-10(18-8)11-9(7-17)15-5-1-4-13-12(15)14-11/h1-7H. The number of aldehydes is 2. The number of rotatable bonds is 3. The van der Waals surface area contributed by atoms with E-state index < -0.39 is 0 Å². The van der Waals surface area contributed by atoms with E-state index in [9.17, 15) is 9.59 Å². The summed E-state index contributed by atoms with van der Waals surface area (Å²) < 4.78 is 6.82. The minimum absolute atomic E-state index is 0.187. The maximum Gasteiger partial charge on any atom is 0.235 e. The van der Waals surface area contributed by atoms with E-state index in [0.717, 1.165) is 0 Å². The van der Waals surface area contributed by atoms with Crippen molar-refractivity contribution in [3.63, 3.8) is 0 Å². The van der Waals surface area contributed by atoms with Crippen molar-refractivity contribution in [3.05, 3.63) is 42.0 Å². The molecule has 6 nitrogen and oxygen atoms in total. The predicted octanol–water partition coefficient (Wildman–Crippen LogP) is 1.61. The van der Waals surface area contributed by atoms with Gasteiger partial charge in [-0.15, -0.1) is 0 Å². The van der Waals surface area contributed by atoms with Crippen LogP contribution < -0.4 is 0 Å². The number of hydrogen-bond donors (Lipinski definition) is 0. The Hall–Kier alpha value is -2.76. The number of imidazole rings is 1. The molecular weight excluding hydrogens is 234 g/mol. The average molecular weight is 241 g/mol. The van der Waals surface area contributed by atoms with Crippen LogP contribution in [0, 0.1) is 0 Å². The van der Waals surface area contributed by atoms with Gasteiger partial charge in [0, 0.05) is 12.4 Å². The van der Waals surface area contributed by atoms with Crippen LogP contribution in [-0.2, 0) is 0 Å². The lowest BCUT2D eigenvalue weighted by Gasteiger charge is -1.93. The van der Waals surface area contributed by atoms with Crippen LogP contribution in [0.3, 0.4) is 0 Å². The van der Waals surface area contributed by atoms with Crippen molar-refractivity contribution in [1.82, 2.24) is 14.4 Å². The van der Waals surface area contributed by atoms with Gasteiger partial charge in [0.2, 0.25) is 5.78 Å². The maximum absolute atomic E-state index is 11.2. The van der Waals surface area contributed by atoms with Gasteiger partial charge in [0.05, 0.1) is 0 Å². The van der Waals surface area contributed by atoms with Crippen molar-refractivity contribution in [2.45, 2.75) is 0 Å². The first kappa shape index (κ1) is 10.4. The molecule has 0 atom stereocenters. The van der Waals surface area contributed by atoms with Gasteiger partial charge in [0.15, 0.2) is 24.1 Å².